The SMILES string of the molecule is CC[C@@]1(c2ccccc2)C(NC(=O)C2CC2)CC(=O)N1c1ccc2c(cnn2-c2ccc(F)cc2)c1.[HH]. The van der Waals surface area contributed by atoms with Crippen molar-refractivity contribution >= 4 is 28.4 Å². The molecule has 1 aromatic heterocycles. The van der Waals surface area contributed by atoms with Crippen LogP contribution < -0.4 is 10.2 Å². The Labute approximate surface area is 210 Å². The molecule has 0 spiro atoms. The minimum absolute atomic E-state index is 0. The van der Waals surface area contributed by atoms with Crippen molar-refractivity contribution in [2.45, 2.75) is 44.2 Å². The fourth-order valence-electron chi connectivity index (χ4n) is 5.61. The number of benzene rings is 3. The number of fused-ring (bicyclic) bond motifs is 1. The van der Waals surface area contributed by atoms with Crippen LogP contribution in [-0.2, 0) is 15.1 Å². The number of nitrogens with zero attached hydrogens (tertiary/aromatic N) is 3. The molecule has 6 nitrogen and oxygen atoms in total. The molecule has 1 aliphatic carbocycles. The molecule has 1 saturated heterocycles. The minimum Gasteiger partial charge on any atom is -0.350 e. The van der Waals surface area contributed by atoms with Crippen LogP contribution in [0.2, 0.25) is 0 Å². The number of carbonyl (C=O) groups excluding carboxylic acids is 2. The maximum Gasteiger partial charge on any atom is 0.230 e. The summed E-state index contributed by atoms with van der Waals surface area (Å²) in [5.74, 6) is -0.218. The number of nitrogens with one attached hydrogen (secondary N) is 1. The number of halogens is 1. The smallest absolute Gasteiger partial charge is 0.230 e. The third kappa shape index (κ3) is 3.58. The molecule has 36 heavy (non-hydrogen) atoms. The van der Waals surface area contributed by atoms with Crippen LogP contribution in [0.3, 0.4) is 0 Å². The van der Waals surface area contributed by atoms with Gasteiger partial charge in [-0.1, -0.05) is 37.3 Å². The molecule has 0 radical (unpaired) electrons. The van der Waals surface area contributed by atoms with Gasteiger partial charge in [0.1, 0.15) is 5.82 Å². The van der Waals surface area contributed by atoms with Crippen molar-refractivity contribution in [2.24, 2.45) is 5.92 Å². The number of hydrogen-bond donors (Lipinski definition) is 1. The minimum atomic E-state index is -0.705. The Bertz CT molecular complexity index is 1450. The number of anilines is 1. The number of carbonyl (C=O) groups is 2. The lowest BCUT2D eigenvalue weighted by Crippen LogP contribution is -2.54. The molecule has 1 saturated carbocycles. The number of rotatable bonds is 6. The van der Waals surface area contributed by atoms with Crippen molar-refractivity contribution in [1.82, 2.24) is 15.1 Å². The van der Waals surface area contributed by atoms with Crippen LogP contribution >= 0.6 is 0 Å². The summed E-state index contributed by atoms with van der Waals surface area (Å²) in [6.07, 6.45) is 4.47. The highest BCUT2D eigenvalue weighted by atomic mass is 19.1. The van der Waals surface area contributed by atoms with E-state index in [0.29, 0.717) is 6.42 Å². The van der Waals surface area contributed by atoms with Crippen LogP contribution in [-0.4, -0.2) is 27.6 Å². The number of aromatic nitrogens is 2. The van der Waals surface area contributed by atoms with Gasteiger partial charge in [-0.25, -0.2) is 9.07 Å². The van der Waals surface area contributed by atoms with Crippen molar-refractivity contribution in [3.63, 3.8) is 0 Å². The second-order valence-corrected chi connectivity index (χ2v) is 9.69. The van der Waals surface area contributed by atoms with Crippen LogP contribution in [0.1, 0.15) is 39.6 Å². The summed E-state index contributed by atoms with van der Waals surface area (Å²) in [6.45, 7) is 2.07. The van der Waals surface area contributed by atoms with Gasteiger partial charge in [0.15, 0.2) is 0 Å². The van der Waals surface area contributed by atoms with Gasteiger partial charge in [0.25, 0.3) is 0 Å². The van der Waals surface area contributed by atoms with Crippen molar-refractivity contribution in [3.05, 3.63) is 90.4 Å². The zero-order valence-corrected chi connectivity index (χ0v) is 20.0. The van der Waals surface area contributed by atoms with Gasteiger partial charge >= 0.3 is 0 Å². The highest BCUT2D eigenvalue weighted by Crippen LogP contribution is 2.46. The van der Waals surface area contributed by atoms with Gasteiger partial charge in [-0.3, -0.25) is 9.59 Å². The van der Waals surface area contributed by atoms with Gasteiger partial charge in [-0.05, 0) is 67.3 Å². The molecule has 6 rings (SSSR count). The molecule has 2 aliphatic rings. The Morgan fingerprint density at radius 3 is 2.50 bits per heavy atom. The molecule has 7 heteroatoms. The molecule has 0 bridgehead atoms. The zero-order valence-electron chi connectivity index (χ0n) is 20.0. The third-order valence-corrected chi connectivity index (χ3v) is 7.56. The van der Waals surface area contributed by atoms with Gasteiger partial charge in [-0.2, -0.15) is 5.10 Å². The monoisotopic (exact) mass is 484 g/mol. The van der Waals surface area contributed by atoms with Gasteiger partial charge < -0.3 is 10.2 Å². The van der Waals surface area contributed by atoms with Crippen molar-refractivity contribution < 1.29 is 15.4 Å². The lowest BCUT2D eigenvalue weighted by atomic mass is 9.80. The zero-order chi connectivity index (χ0) is 24.9. The topological polar surface area (TPSA) is 67.2 Å². The van der Waals surface area contributed by atoms with Crippen LogP contribution in [0.5, 0.6) is 0 Å². The summed E-state index contributed by atoms with van der Waals surface area (Å²) in [5.41, 5.74) is 2.68. The van der Waals surface area contributed by atoms with Crippen molar-refractivity contribution in [3.8, 4) is 5.69 Å². The first kappa shape index (κ1) is 22.5. The average molecular weight is 485 g/mol. The van der Waals surface area contributed by atoms with E-state index in [2.05, 4.69) is 17.3 Å². The second-order valence-electron chi connectivity index (χ2n) is 9.69. The molecule has 4 aromatic rings. The summed E-state index contributed by atoms with van der Waals surface area (Å²) in [6, 6.07) is 21.7. The van der Waals surface area contributed by atoms with Crippen LogP contribution in [0.25, 0.3) is 16.6 Å². The molecule has 2 fully saturated rings. The molecule has 1 unspecified atom stereocenters. The summed E-state index contributed by atoms with van der Waals surface area (Å²) in [4.78, 5) is 28.3. The molecular weight excluding hydrogens is 455 g/mol. The fraction of sp³-hybridized carbons (Fsp3) is 0.276. The van der Waals surface area contributed by atoms with Crippen molar-refractivity contribution in [2.75, 3.05) is 4.90 Å². The fourth-order valence-corrected chi connectivity index (χ4v) is 5.61. The molecule has 2 atom stereocenters. The predicted octanol–water partition coefficient (Wildman–Crippen LogP) is 5.35. The summed E-state index contributed by atoms with van der Waals surface area (Å²) in [5, 5.41) is 8.61. The van der Waals surface area contributed by atoms with E-state index in [9.17, 15) is 14.0 Å². The highest BCUT2D eigenvalue weighted by molar-refractivity contribution is 6.01. The van der Waals surface area contributed by atoms with Gasteiger partial charge in [0.05, 0.1) is 35.4 Å². The first-order chi connectivity index (χ1) is 17.5. The van der Waals surface area contributed by atoms with Crippen LogP contribution in [0, 0.1) is 11.7 Å². The van der Waals surface area contributed by atoms with E-state index in [4.69, 9.17) is 0 Å². The first-order valence-electron chi connectivity index (χ1n) is 12.4. The van der Waals surface area contributed by atoms with Crippen LogP contribution in [0.4, 0.5) is 10.1 Å². The Morgan fingerprint density at radius 2 is 1.81 bits per heavy atom. The average Bonchev–Trinajstić information content (AvgIpc) is 3.61. The summed E-state index contributed by atoms with van der Waals surface area (Å²) in [7, 11) is 0. The lowest BCUT2D eigenvalue weighted by Gasteiger charge is -2.42. The lowest BCUT2D eigenvalue weighted by molar-refractivity contribution is -0.123. The van der Waals surface area contributed by atoms with Crippen molar-refractivity contribution in [1.29, 1.82) is 0 Å². The Kier molecular flexibility index (Phi) is 5.36. The Morgan fingerprint density at radius 1 is 1.08 bits per heavy atom. The third-order valence-electron chi connectivity index (χ3n) is 7.56. The van der Waals surface area contributed by atoms with E-state index in [1.54, 1.807) is 23.0 Å². The van der Waals surface area contributed by atoms with E-state index in [-0.39, 0.29) is 37.4 Å². The van der Waals surface area contributed by atoms with Crippen LogP contribution in [0.15, 0.2) is 79.0 Å². The maximum absolute atomic E-state index is 13.6. The second kappa shape index (κ2) is 8.59. The maximum atomic E-state index is 13.6. The quantitative estimate of drug-likeness (QED) is 0.401. The molecular formula is C29H29FN4O2. The molecule has 184 valence electrons. The van der Waals surface area contributed by atoms with E-state index >= 15 is 0 Å². The molecule has 1 N–H and O–H groups in total. The van der Waals surface area contributed by atoms with Gasteiger partial charge in [-0.15, -0.1) is 0 Å². The summed E-state index contributed by atoms with van der Waals surface area (Å²) >= 11 is 0. The first-order valence-corrected chi connectivity index (χ1v) is 12.4. The molecule has 1 aliphatic heterocycles. The molecule has 2 heterocycles. The normalized spacial score (nSPS) is 21.8. The van der Waals surface area contributed by atoms with E-state index in [1.165, 1.54) is 12.1 Å². The van der Waals surface area contributed by atoms with E-state index in [1.807, 2.05) is 53.4 Å². The van der Waals surface area contributed by atoms with Gasteiger partial charge in [0.2, 0.25) is 11.8 Å². The summed E-state index contributed by atoms with van der Waals surface area (Å²) < 4.78 is 15.2. The largest absolute Gasteiger partial charge is 0.350 e. The Balaban J connectivity index is 0.00000280. The number of hydrogen-bond acceptors (Lipinski definition) is 3. The van der Waals surface area contributed by atoms with Gasteiger partial charge in [0, 0.05) is 18.4 Å². The highest BCUT2D eigenvalue weighted by Gasteiger charge is 2.54. The Hall–Kier alpha value is -4.00. The van der Waals surface area contributed by atoms with E-state index < -0.39 is 5.54 Å². The standard InChI is InChI=1S/C29H27FN4O2.H2/c1-2-29(21-6-4-3-5-7-21)26(32-28(36)19-8-9-19)17-27(35)33(29)24-14-15-25-20(16-24)18-31-34(25)23-12-10-22(30)11-13-23;/h3-7,10-16,18-19,26H,2,8-9,17H2,1H3,(H,32,36);1H/t26?,29-;/m1./s1. The molecule has 2 amide bonds. The predicted molar refractivity (Wildman–Crippen MR) is 138 cm³/mol. The van der Waals surface area contributed by atoms with E-state index in [0.717, 1.165) is 40.7 Å². The molecule has 3 aromatic carbocycles. The number of amides is 2.